The molecule has 0 saturated heterocycles. The van der Waals surface area contributed by atoms with Gasteiger partial charge in [0.15, 0.2) is 0 Å². The van der Waals surface area contributed by atoms with Crippen molar-refractivity contribution in [3.05, 3.63) is 83.1 Å². The van der Waals surface area contributed by atoms with Crippen molar-refractivity contribution >= 4 is 80.3 Å². The molecule has 0 unspecified atom stereocenters. The van der Waals surface area contributed by atoms with E-state index in [1.807, 2.05) is 89.7 Å². The number of hydrogen-bond donors (Lipinski definition) is 2. The summed E-state index contributed by atoms with van der Waals surface area (Å²) in [5, 5.41) is 8.19. The van der Waals surface area contributed by atoms with Gasteiger partial charge in [0, 0.05) is 50.8 Å². The van der Waals surface area contributed by atoms with Crippen LogP contribution in [-0.4, -0.2) is 46.1 Å². The number of anilines is 2. The van der Waals surface area contributed by atoms with Gasteiger partial charge in [-0.3, -0.25) is 19.2 Å². The van der Waals surface area contributed by atoms with Crippen molar-refractivity contribution in [2.75, 3.05) is 23.8 Å². The van der Waals surface area contributed by atoms with Crippen LogP contribution in [0.15, 0.2) is 76.5 Å². The molecule has 2 heterocycles. The normalized spacial score (nSPS) is 10.7. The number of rotatable bonds is 10. The number of nitrogens with one attached hydrogen (secondary N) is 2. The molecule has 48 heavy (non-hydrogen) atoms. The molecule has 10 nitrogen and oxygen atoms in total. The monoisotopic (exact) mass is 690 g/mol. The summed E-state index contributed by atoms with van der Waals surface area (Å²) >= 11 is 7.57. The number of carbonyl (C=O) groups excluding carboxylic acids is 4. The first-order valence-electron chi connectivity index (χ1n) is 15.4. The lowest BCUT2D eigenvalue weighted by molar-refractivity contribution is -0.144. The highest BCUT2D eigenvalue weighted by Gasteiger charge is 2.20. The molecule has 0 radical (unpaired) electrons. The lowest BCUT2D eigenvalue weighted by atomic mass is 10.2. The summed E-state index contributed by atoms with van der Waals surface area (Å²) in [6.45, 7) is 11.4. The Labute approximate surface area is 288 Å². The fraction of sp³-hybridized carbons (Fsp3) is 0.278. The van der Waals surface area contributed by atoms with E-state index in [0.717, 1.165) is 48.7 Å². The average Bonchev–Trinajstić information content (AvgIpc) is 3.48. The number of benzene rings is 3. The van der Waals surface area contributed by atoms with Gasteiger partial charge in [-0.1, -0.05) is 35.5 Å². The molecule has 0 bridgehead atoms. The Kier molecular flexibility index (Phi) is 12.3. The van der Waals surface area contributed by atoms with Gasteiger partial charge in [0.25, 0.3) is 0 Å². The first-order valence-corrected chi connectivity index (χ1v) is 16.6. The number of fused-ring (bicyclic) bond motifs is 2. The van der Waals surface area contributed by atoms with E-state index in [2.05, 4.69) is 10.6 Å². The second-order valence-electron chi connectivity index (χ2n) is 10.8. The Morgan fingerprint density at radius 3 is 1.88 bits per heavy atom. The zero-order chi connectivity index (χ0) is 35.0. The SMILES string of the molecule is CCOC(=O)Cn1c(C)c(Sc2ccc(Cl)cc2)c2c(NC(C)=O)cccc21.CCOC(=O)Cn1c(C)cc2c(NC(C)=O)cccc21. The van der Waals surface area contributed by atoms with Crippen molar-refractivity contribution in [1.82, 2.24) is 9.13 Å². The first kappa shape index (κ1) is 36.1. The molecule has 0 atom stereocenters. The predicted molar refractivity (Wildman–Crippen MR) is 191 cm³/mol. The van der Waals surface area contributed by atoms with Crippen molar-refractivity contribution in [3.63, 3.8) is 0 Å². The Morgan fingerprint density at radius 1 is 0.750 bits per heavy atom. The Bertz CT molecular complexity index is 1970. The number of amides is 2. The number of aromatic nitrogens is 2. The summed E-state index contributed by atoms with van der Waals surface area (Å²) in [5.74, 6) is -0.826. The predicted octanol–water partition coefficient (Wildman–Crippen LogP) is 7.75. The van der Waals surface area contributed by atoms with Crippen LogP contribution < -0.4 is 10.6 Å². The molecule has 2 amide bonds. The quantitative estimate of drug-likeness (QED) is 0.144. The van der Waals surface area contributed by atoms with Crippen LogP contribution in [0, 0.1) is 13.8 Å². The van der Waals surface area contributed by atoms with Gasteiger partial charge in [-0.05, 0) is 82.3 Å². The van der Waals surface area contributed by atoms with Crippen LogP contribution in [0.1, 0.15) is 39.1 Å². The van der Waals surface area contributed by atoms with Crippen molar-refractivity contribution in [1.29, 1.82) is 0 Å². The second-order valence-corrected chi connectivity index (χ2v) is 12.4. The van der Waals surface area contributed by atoms with Crippen LogP contribution in [-0.2, 0) is 41.7 Å². The van der Waals surface area contributed by atoms with Crippen LogP contribution in [0.3, 0.4) is 0 Å². The Balaban J connectivity index is 0.000000229. The molecule has 0 fully saturated rings. The molecule has 0 aliphatic heterocycles. The van der Waals surface area contributed by atoms with Crippen LogP contribution in [0.25, 0.3) is 21.8 Å². The first-order chi connectivity index (χ1) is 22.9. The second kappa shape index (κ2) is 16.4. The molecule has 12 heteroatoms. The fourth-order valence-corrected chi connectivity index (χ4v) is 6.54. The summed E-state index contributed by atoms with van der Waals surface area (Å²) in [6, 6.07) is 20.8. The van der Waals surface area contributed by atoms with Gasteiger partial charge in [-0.2, -0.15) is 0 Å². The third-order valence-corrected chi connectivity index (χ3v) is 8.75. The van der Waals surface area contributed by atoms with Crippen LogP contribution in [0.4, 0.5) is 11.4 Å². The van der Waals surface area contributed by atoms with Gasteiger partial charge < -0.3 is 29.2 Å². The standard InChI is InChI=1S/C21H21ClN2O3S.C15H18N2O3/c1-4-27-19(26)12-24-13(2)21(28-16-10-8-15(22)9-11-16)20-17(23-14(3)25)6-5-7-18(20)24;1-4-20-15(19)9-17-10(2)8-12-13(16-11(3)18)6-5-7-14(12)17/h5-11H,4,12H2,1-3H3,(H,23,25);5-8H,4,9H2,1-3H3,(H,16,18). The Morgan fingerprint density at radius 2 is 1.29 bits per heavy atom. The maximum atomic E-state index is 12.1. The zero-order valence-electron chi connectivity index (χ0n) is 27.8. The van der Waals surface area contributed by atoms with E-state index in [0.29, 0.717) is 23.9 Å². The number of hydrogen-bond acceptors (Lipinski definition) is 7. The third-order valence-electron chi connectivity index (χ3n) is 7.29. The van der Waals surface area contributed by atoms with E-state index in [1.54, 1.807) is 25.6 Å². The van der Waals surface area contributed by atoms with Gasteiger partial charge in [-0.25, -0.2) is 0 Å². The topological polar surface area (TPSA) is 121 Å². The summed E-state index contributed by atoms with van der Waals surface area (Å²) < 4.78 is 13.9. The van der Waals surface area contributed by atoms with Crippen LogP contribution in [0.2, 0.25) is 5.02 Å². The molecule has 5 rings (SSSR count). The average molecular weight is 691 g/mol. The molecular formula is C36H39ClN4O6S. The fourth-order valence-electron chi connectivity index (χ4n) is 5.33. The molecular weight excluding hydrogens is 652 g/mol. The van der Waals surface area contributed by atoms with E-state index in [-0.39, 0.29) is 36.8 Å². The zero-order valence-corrected chi connectivity index (χ0v) is 29.4. The molecule has 5 aromatic rings. The highest BCUT2D eigenvalue weighted by atomic mass is 35.5. The van der Waals surface area contributed by atoms with E-state index in [9.17, 15) is 19.2 Å². The lowest BCUT2D eigenvalue weighted by Gasteiger charge is -2.08. The summed E-state index contributed by atoms with van der Waals surface area (Å²) in [4.78, 5) is 48.7. The number of carbonyl (C=O) groups is 4. The van der Waals surface area contributed by atoms with E-state index >= 15 is 0 Å². The number of nitrogens with zero attached hydrogens (tertiary/aromatic N) is 2. The van der Waals surface area contributed by atoms with Gasteiger partial charge in [0.05, 0.1) is 35.6 Å². The van der Waals surface area contributed by atoms with E-state index < -0.39 is 0 Å². The highest BCUT2D eigenvalue weighted by Crippen LogP contribution is 2.42. The van der Waals surface area contributed by atoms with Crippen molar-refractivity contribution in [2.45, 2.75) is 64.4 Å². The van der Waals surface area contributed by atoms with Crippen molar-refractivity contribution < 1.29 is 28.7 Å². The Hall–Kier alpha value is -4.74. The van der Waals surface area contributed by atoms with Gasteiger partial charge in [0.2, 0.25) is 11.8 Å². The summed E-state index contributed by atoms with van der Waals surface area (Å²) in [5.41, 5.74) is 5.12. The maximum absolute atomic E-state index is 12.1. The minimum Gasteiger partial charge on any atom is -0.465 e. The minimum absolute atomic E-state index is 0.112. The van der Waals surface area contributed by atoms with E-state index in [4.69, 9.17) is 21.1 Å². The molecule has 2 N–H and O–H groups in total. The number of halogens is 1. The molecule has 0 aliphatic rings. The smallest absolute Gasteiger partial charge is 0.325 e. The molecule has 0 spiro atoms. The summed E-state index contributed by atoms with van der Waals surface area (Å²) in [6.07, 6.45) is 0. The molecule has 3 aromatic carbocycles. The van der Waals surface area contributed by atoms with Gasteiger partial charge in [0.1, 0.15) is 13.1 Å². The number of ether oxygens (including phenoxy) is 2. The molecule has 252 valence electrons. The molecule has 0 aliphatic carbocycles. The van der Waals surface area contributed by atoms with Crippen LogP contribution in [0.5, 0.6) is 0 Å². The summed E-state index contributed by atoms with van der Waals surface area (Å²) in [7, 11) is 0. The van der Waals surface area contributed by atoms with Gasteiger partial charge in [-0.15, -0.1) is 0 Å². The van der Waals surface area contributed by atoms with Crippen molar-refractivity contribution in [2.24, 2.45) is 0 Å². The van der Waals surface area contributed by atoms with E-state index in [1.165, 1.54) is 13.8 Å². The maximum Gasteiger partial charge on any atom is 0.325 e. The number of esters is 2. The third kappa shape index (κ3) is 8.78. The molecule has 2 aromatic heterocycles. The highest BCUT2D eigenvalue weighted by molar-refractivity contribution is 7.99. The largest absolute Gasteiger partial charge is 0.465 e. The molecule has 0 saturated carbocycles. The van der Waals surface area contributed by atoms with Crippen LogP contribution >= 0.6 is 23.4 Å². The number of aryl methyl sites for hydroxylation is 1. The lowest BCUT2D eigenvalue weighted by Crippen LogP contribution is -2.14. The minimum atomic E-state index is -0.296. The van der Waals surface area contributed by atoms with Gasteiger partial charge >= 0.3 is 11.9 Å². The van der Waals surface area contributed by atoms with Crippen molar-refractivity contribution in [3.8, 4) is 0 Å².